The van der Waals surface area contributed by atoms with Gasteiger partial charge in [0.1, 0.15) is 32.8 Å². The van der Waals surface area contributed by atoms with E-state index >= 15 is 0 Å². The molecule has 0 unspecified atom stereocenters. The van der Waals surface area contributed by atoms with E-state index in [1.807, 2.05) is 0 Å². The smallest absolute Gasteiger partial charge is 0.333 e. The van der Waals surface area contributed by atoms with E-state index in [2.05, 4.69) is 22.6 Å². The molecule has 0 aromatic rings. The maximum Gasteiger partial charge on any atom is 0.333 e. The molecule has 0 saturated heterocycles. The largest absolute Gasteiger partial charge is 0.462 e. The molecule has 0 rings (SSSR count). The van der Waals surface area contributed by atoms with Crippen LogP contribution in [0.2, 0.25) is 0 Å². The zero-order chi connectivity index (χ0) is 17.8. The molecule has 0 atom stereocenters. The number of rotatable bonds is 10. The fourth-order valence-electron chi connectivity index (χ4n) is 1.05. The molecular weight excluding hydrogens is 308 g/mol. The number of carbonyl (C=O) groups excluding carboxylic acids is 4. The highest BCUT2D eigenvalue weighted by atomic mass is 16.6. The van der Waals surface area contributed by atoms with Crippen LogP contribution in [-0.4, -0.2) is 50.3 Å². The van der Waals surface area contributed by atoms with Gasteiger partial charge in [-0.1, -0.05) is 13.2 Å². The van der Waals surface area contributed by atoms with E-state index < -0.39 is 30.3 Å². The Hall–Kier alpha value is -2.64. The summed E-state index contributed by atoms with van der Waals surface area (Å²) in [5.41, 5.74) is 0.458. The van der Waals surface area contributed by atoms with Crippen LogP contribution >= 0.6 is 0 Å². The van der Waals surface area contributed by atoms with Gasteiger partial charge in [0, 0.05) is 11.1 Å². The van der Waals surface area contributed by atoms with Gasteiger partial charge in [0.05, 0.1) is 0 Å². The molecule has 8 nitrogen and oxygen atoms in total. The van der Waals surface area contributed by atoms with E-state index in [1.54, 1.807) is 0 Å². The lowest BCUT2D eigenvalue weighted by Gasteiger charge is -2.07. The number of ether oxygens (including phenoxy) is 4. The number of hydrogen-bond acceptors (Lipinski definition) is 8. The predicted octanol–water partition coefficient (Wildman–Crippen LogP) is 0.701. The maximum atomic E-state index is 11.3. The molecule has 0 saturated carbocycles. The Labute approximate surface area is 134 Å². The van der Waals surface area contributed by atoms with E-state index in [-0.39, 0.29) is 37.6 Å². The second-order valence-corrected chi connectivity index (χ2v) is 4.45. The summed E-state index contributed by atoms with van der Waals surface area (Å²) in [5.74, 6) is -2.82. The molecule has 0 aliphatic rings. The Morgan fingerprint density at radius 3 is 1.26 bits per heavy atom. The van der Waals surface area contributed by atoms with Crippen molar-refractivity contribution in [2.75, 3.05) is 26.4 Å². The average Bonchev–Trinajstić information content (AvgIpc) is 2.47. The molecule has 8 heteroatoms. The molecule has 0 amide bonds. The van der Waals surface area contributed by atoms with Crippen LogP contribution in [0, 0.1) is 0 Å². The fourth-order valence-corrected chi connectivity index (χ4v) is 1.05. The lowest BCUT2D eigenvalue weighted by Crippen LogP contribution is -2.19. The number of carbonyl (C=O) groups is 4. The third-order valence-corrected chi connectivity index (χ3v) is 2.14. The molecular formula is C15H20O8. The molecule has 0 spiro atoms. The molecule has 23 heavy (non-hydrogen) atoms. The summed E-state index contributed by atoms with van der Waals surface area (Å²) in [6.07, 6.45) is -0.594. The molecule has 0 heterocycles. The minimum Gasteiger partial charge on any atom is -0.462 e. The van der Waals surface area contributed by atoms with Crippen LogP contribution in [0.3, 0.4) is 0 Å². The van der Waals surface area contributed by atoms with Crippen molar-refractivity contribution in [3.05, 3.63) is 24.3 Å². The zero-order valence-corrected chi connectivity index (χ0v) is 13.2. The Bertz CT molecular complexity index is 448. The first-order chi connectivity index (χ1) is 10.7. The molecule has 0 aliphatic heterocycles. The molecule has 0 fully saturated rings. The van der Waals surface area contributed by atoms with Crippen LogP contribution in [0.4, 0.5) is 0 Å². The molecule has 0 bridgehead atoms. The minimum absolute atomic E-state index is 0.136. The predicted molar refractivity (Wildman–Crippen MR) is 78.1 cm³/mol. The summed E-state index contributed by atoms with van der Waals surface area (Å²) in [6, 6.07) is 0. The van der Waals surface area contributed by atoms with Crippen molar-refractivity contribution in [1.29, 1.82) is 0 Å². The lowest BCUT2D eigenvalue weighted by molar-refractivity contribution is -0.159. The van der Waals surface area contributed by atoms with E-state index in [4.69, 9.17) is 9.47 Å². The van der Waals surface area contributed by atoms with Crippen LogP contribution < -0.4 is 0 Å². The quantitative estimate of drug-likeness (QED) is 0.190. The van der Waals surface area contributed by atoms with Crippen molar-refractivity contribution in [3.63, 3.8) is 0 Å². The highest BCUT2D eigenvalue weighted by Gasteiger charge is 2.13. The van der Waals surface area contributed by atoms with Gasteiger partial charge in [-0.05, 0) is 13.8 Å². The Kier molecular flexibility index (Phi) is 9.74. The van der Waals surface area contributed by atoms with E-state index in [0.29, 0.717) is 0 Å². The van der Waals surface area contributed by atoms with Crippen molar-refractivity contribution >= 4 is 23.9 Å². The van der Waals surface area contributed by atoms with Crippen LogP contribution in [0.25, 0.3) is 0 Å². The van der Waals surface area contributed by atoms with Crippen LogP contribution in [0.15, 0.2) is 24.3 Å². The topological polar surface area (TPSA) is 105 Å². The molecule has 0 radical (unpaired) electrons. The summed E-state index contributed by atoms with van der Waals surface area (Å²) >= 11 is 0. The molecule has 0 aromatic carbocycles. The van der Waals surface area contributed by atoms with Crippen molar-refractivity contribution < 1.29 is 38.1 Å². The molecule has 0 aliphatic carbocycles. The summed E-state index contributed by atoms with van der Waals surface area (Å²) in [7, 11) is 0. The van der Waals surface area contributed by atoms with Crippen molar-refractivity contribution in [2.24, 2.45) is 0 Å². The standard InChI is InChI=1S/C15H20O8/c1-10(2)14(18)22-7-5-20-12(16)9-13(17)21-6-8-23-15(19)11(3)4/h1,3,5-9H2,2,4H3. The van der Waals surface area contributed by atoms with Crippen molar-refractivity contribution in [3.8, 4) is 0 Å². The highest BCUT2D eigenvalue weighted by molar-refractivity contribution is 5.91. The van der Waals surface area contributed by atoms with Gasteiger partial charge < -0.3 is 18.9 Å². The summed E-state index contributed by atoms with van der Waals surface area (Å²) < 4.78 is 18.7. The van der Waals surface area contributed by atoms with Gasteiger partial charge in [-0.3, -0.25) is 9.59 Å². The second kappa shape index (κ2) is 11.0. The van der Waals surface area contributed by atoms with Gasteiger partial charge in [-0.15, -0.1) is 0 Å². The summed E-state index contributed by atoms with van der Waals surface area (Å²) in [5, 5.41) is 0. The lowest BCUT2D eigenvalue weighted by atomic mass is 10.4. The highest BCUT2D eigenvalue weighted by Crippen LogP contribution is 1.95. The number of esters is 4. The van der Waals surface area contributed by atoms with E-state index in [9.17, 15) is 19.2 Å². The third kappa shape index (κ3) is 10.7. The minimum atomic E-state index is -0.819. The zero-order valence-electron chi connectivity index (χ0n) is 13.2. The van der Waals surface area contributed by atoms with Gasteiger partial charge >= 0.3 is 23.9 Å². The van der Waals surface area contributed by atoms with Gasteiger partial charge in [-0.2, -0.15) is 0 Å². The van der Waals surface area contributed by atoms with Gasteiger partial charge in [-0.25, -0.2) is 9.59 Å². The molecule has 128 valence electrons. The fraction of sp³-hybridized carbons (Fsp3) is 0.467. The van der Waals surface area contributed by atoms with Crippen LogP contribution in [-0.2, 0) is 38.1 Å². The number of hydrogen-bond donors (Lipinski definition) is 0. The van der Waals surface area contributed by atoms with Crippen molar-refractivity contribution in [2.45, 2.75) is 20.3 Å². The van der Waals surface area contributed by atoms with Gasteiger partial charge in [0.25, 0.3) is 0 Å². The van der Waals surface area contributed by atoms with E-state index in [0.717, 1.165) is 0 Å². The van der Waals surface area contributed by atoms with Crippen LogP contribution in [0.1, 0.15) is 20.3 Å². The Balaban J connectivity index is 3.72. The first kappa shape index (κ1) is 20.4. The van der Waals surface area contributed by atoms with Gasteiger partial charge in [0.2, 0.25) is 0 Å². The third-order valence-electron chi connectivity index (χ3n) is 2.14. The summed E-state index contributed by atoms with van der Waals surface area (Å²) in [6.45, 7) is 9.11. The molecule has 0 N–H and O–H groups in total. The average molecular weight is 328 g/mol. The normalized spacial score (nSPS) is 9.48. The Morgan fingerprint density at radius 1 is 0.652 bits per heavy atom. The first-order valence-electron chi connectivity index (χ1n) is 6.70. The monoisotopic (exact) mass is 328 g/mol. The molecule has 0 aromatic heterocycles. The van der Waals surface area contributed by atoms with Crippen LogP contribution in [0.5, 0.6) is 0 Å². The SMILES string of the molecule is C=C(C)C(=O)OCCOC(=O)CC(=O)OCCOC(=O)C(=C)C. The van der Waals surface area contributed by atoms with E-state index in [1.165, 1.54) is 13.8 Å². The van der Waals surface area contributed by atoms with Crippen molar-refractivity contribution in [1.82, 2.24) is 0 Å². The van der Waals surface area contributed by atoms with Gasteiger partial charge in [0.15, 0.2) is 0 Å². The first-order valence-corrected chi connectivity index (χ1v) is 6.70. The summed E-state index contributed by atoms with van der Waals surface area (Å²) in [4.78, 5) is 44.6. The maximum absolute atomic E-state index is 11.3. The Morgan fingerprint density at radius 2 is 0.957 bits per heavy atom. The second-order valence-electron chi connectivity index (χ2n) is 4.45.